The molecule has 0 aromatic carbocycles. The maximum Gasteiger partial charge on any atom is 0.264 e. The van der Waals surface area contributed by atoms with Gasteiger partial charge in [-0.05, 0) is 12.8 Å². The first-order valence-corrected chi connectivity index (χ1v) is 3.74. The van der Waals surface area contributed by atoms with Gasteiger partial charge >= 0.3 is 0 Å². The fourth-order valence-electron chi connectivity index (χ4n) is 1.17. The Morgan fingerprint density at radius 2 is 1.91 bits per heavy atom. The second kappa shape index (κ2) is 2.95. The molecule has 0 saturated heterocycles. The Hall–Kier alpha value is -0.990. The zero-order valence-electron chi connectivity index (χ0n) is 6.42. The van der Waals surface area contributed by atoms with E-state index in [1.807, 2.05) is 0 Å². The van der Waals surface area contributed by atoms with Gasteiger partial charge in [0.25, 0.3) is 5.78 Å². The van der Waals surface area contributed by atoms with E-state index in [0.29, 0.717) is 12.8 Å². The Balaban J connectivity index is 2.82. The number of hydrogen-bond donors (Lipinski definition) is 0. The van der Waals surface area contributed by atoms with Crippen LogP contribution in [0.4, 0.5) is 0 Å². The fraction of sp³-hybridized carbons (Fsp3) is 0.625. The maximum atomic E-state index is 11.0. The van der Waals surface area contributed by atoms with Gasteiger partial charge in [0, 0.05) is 12.3 Å². The van der Waals surface area contributed by atoms with Crippen LogP contribution in [0.3, 0.4) is 0 Å². The van der Waals surface area contributed by atoms with E-state index in [2.05, 4.69) is 0 Å². The normalized spacial score (nSPS) is 27.0. The molecule has 0 radical (unpaired) electrons. The van der Waals surface area contributed by atoms with Crippen LogP contribution in [0.1, 0.15) is 26.2 Å². The fourth-order valence-corrected chi connectivity index (χ4v) is 1.17. The van der Waals surface area contributed by atoms with Gasteiger partial charge < -0.3 is 0 Å². The number of carbonyl (C=O) groups excluding carboxylic acids is 3. The highest BCUT2D eigenvalue weighted by Crippen LogP contribution is 2.14. The number of ketones is 3. The minimum Gasteiger partial charge on any atom is -0.290 e. The Labute approximate surface area is 64.8 Å². The number of carbonyl (C=O) groups is 3. The lowest BCUT2D eigenvalue weighted by molar-refractivity contribution is -0.144. The SMILES string of the molecule is CC1CCCC(=O)C(=O)C1=O. The van der Waals surface area contributed by atoms with Crippen molar-refractivity contribution >= 4 is 17.3 Å². The summed E-state index contributed by atoms with van der Waals surface area (Å²) in [6.45, 7) is 1.69. The highest BCUT2D eigenvalue weighted by molar-refractivity contribution is 6.64. The predicted octanol–water partition coefficient (Wildman–Crippen LogP) is 0.514. The third-order valence-electron chi connectivity index (χ3n) is 1.97. The van der Waals surface area contributed by atoms with Crippen LogP contribution in [0.15, 0.2) is 0 Å². The second-order valence-corrected chi connectivity index (χ2v) is 2.91. The van der Waals surface area contributed by atoms with Crippen LogP contribution in [-0.2, 0) is 14.4 Å². The van der Waals surface area contributed by atoms with E-state index in [9.17, 15) is 14.4 Å². The van der Waals surface area contributed by atoms with Crippen molar-refractivity contribution in [1.82, 2.24) is 0 Å². The van der Waals surface area contributed by atoms with Gasteiger partial charge in [0.2, 0.25) is 11.6 Å². The van der Waals surface area contributed by atoms with Gasteiger partial charge in [0.1, 0.15) is 0 Å². The molecule has 0 aliphatic heterocycles. The van der Waals surface area contributed by atoms with Crippen LogP contribution in [0.2, 0.25) is 0 Å². The molecule has 0 bridgehead atoms. The molecule has 1 aliphatic rings. The minimum atomic E-state index is -0.796. The van der Waals surface area contributed by atoms with Gasteiger partial charge in [0.15, 0.2) is 0 Å². The van der Waals surface area contributed by atoms with Crippen LogP contribution in [-0.4, -0.2) is 17.3 Å². The topological polar surface area (TPSA) is 51.2 Å². The zero-order valence-corrected chi connectivity index (χ0v) is 6.42. The van der Waals surface area contributed by atoms with Crippen LogP contribution < -0.4 is 0 Å². The highest BCUT2D eigenvalue weighted by Gasteiger charge is 2.29. The van der Waals surface area contributed by atoms with Crippen LogP contribution in [0, 0.1) is 5.92 Å². The molecule has 0 spiro atoms. The number of hydrogen-bond acceptors (Lipinski definition) is 3. The molecule has 60 valence electrons. The predicted molar refractivity (Wildman–Crippen MR) is 38.0 cm³/mol. The van der Waals surface area contributed by atoms with Crippen molar-refractivity contribution in [1.29, 1.82) is 0 Å². The molecule has 1 rings (SSSR count). The van der Waals surface area contributed by atoms with Gasteiger partial charge in [-0.2, -0.15) is 0 Å². The summed E-state index contributed by atoms with van der Waals surface area (Å²) in [4.78, 5) is 32.6. The largest absolute Gasteiger partial charge is 0.290 e. The lowest BCUT2D eigenvalue weighted by atomic mass is 10.0. The van der Waals surface area contributed by atoms with Crippen molar-refractivity contribution in [2.24, 2.45) is 5.92 Å². The van der Waals surface area contributed by atoms with E-state index in [1.54, 1.807) is 6.92 Å². The van der Waals surface area contributed by atoms with Crippen molar-refractivity contribution < 1.29 is 14.4 Å². The molecular formula is C8H10O3. The third kappa shape index (κ3) is 1.53. The monoisotopic (exact) mass is 154 g/mol. The molecule has 0 heterocycles. The molecule has 0 amide bonds. The lowest BCUT2D eigenvalue weighted by Crippen LogP contribution is -2.25. The number of Topliss-reactive ketones (excluding diaryl/α,β-unsaturated/α-hetero) is 3. The molecule has 1 unspecified atom stereocenters. The van der Waals surface area contributed by atoms with E-state index in [-0.39, 0.29) is 12.3 Å². The van der Waals surface area contributed by atoms with Gasteiger partial charge in [0.05, 0.1) is 0 Å². The van der Waals surface area contributed by atoms with Crippen LogP contribution in [0.25, 0.3) is 0 Å². The van der Waals surface area contributed by atoms with E-state index >= 15 is 0 Å². The number of rotatable bonds is 0. The standard InChI is InChI=1S/C8H10O3/c1-5-3-2-4-6(9)8(11)7(5)10/h5H,2-4H2,1H3. The first kappa shape index (κ1) is 8.11. The van der Waals surface area contributed by atoms with Crippen molar-refractivity contribution in [3.8, 4) is 0 Å². The Bertz CT molecular complexity index is 217. The van der Waals surface area contributed by atoms with Crippen molar-refractivity contribution in [2.45, 2.75) is 26.2 Å². The molecule has 0 aromatic rings. The average molecular weight is 154 g/mol. The molecule has 1 aliphatic carbocycles. The summed E-state index contributed by atoms with van der Waals surface area (Å²) in [6.07, 6.45) is 1.57. The third-order valence-corrected chi connectivity index (χ3v) is 1.97. The average Bonchev–Trinajstić information content (AvgIpc) is 2.07. The van der Waals surface area contributed by atoms with E-state index in [4.69, 9.17) is 0 Å². The van der Waals surface area contributed by atoms with E-state index in [0.717, 1.165) is 0 Å². The lowest BCUT2D eigenvalue weighted by Gasteiger charge is -2.00. The summed E-state index contributed by atoms with van der Waals surface area (Å²) in [5.74, 6) is -2.07. The molecule has 1 atom stereocenters. The zero-order chi connectivity index (χ0) is 8.43. The molecule has 1 saturated carbocycles. The minimum absolute atomic E-state index is 0.245. The van der Waals surface area contributed by atoms with Crippen molar-refractivity contribution in [2.75, 3.05) is 0 Å². The molecule has 0 N–H and O–H groups in total. The molecule has 3 nitrogen and oxygen atoms in total. The van der Waals surface area contributed by atoms with Crippen LogP contribution in [0.5, 0.6) is 0 Å². The summed E-state index contributed by atoms with van der Waals surface area (Å²) < 4.78 is 0. The molecular weight excluding hydrogens is 144 g/mol. The van der Waals surface area contributed by atoms with Crippen LogP contribution >= 0.6 is 0 Å². The Kier molecular flexibility index (Phi) is 2.17. The van der Waals surface area contributed by atoms with E-state index in [1.165, 1.54) is 0 Å². The molecule has 1 fully saturated rings. The van der Waals surface area contributed by atoms with Crippen molar-refractivity contribution in [3.05, 3.63) is 0 Å². The molecule has 3 heteroatoms. The first-order chi connectivity index (χ1) is 5.13. The van der Waals surface area contributed by atoms with Crippen molar-refractivity contribution in [3.63, 3.8) is 0 Å². The summed E-state index contributed by atoms with van der Waals surface area (Å²) >= 11 is 0. The van der Waals surface area contributed by atoms with Gasteiger partial charge in [-0.15, -0.1) is 0 Å². The summed E-state index contributed by atoms with van der Waals surface area (Å²) in [7, 11) is 0. The summed E-state index contributed by atoms with van der Waals surface area (Å²) in [6, 6.07) is 0. The highest BCUT2D eigenvalue weighted by atomic mass is 16.2. The maximum absolute atomic E-state index is 11.0. The van der Waals surface area contributed by atoms with Gasteiger partial charge in [-0.3, -0.25) is 14.4 Å². The molecule has 0 aromatic heterocycles. The van der Waals surface area contributed by atoms with E-state index < -0.39 is 17.3 Å². The smallest absolute Gasteiger partial charge is 0.264 e. The Morgan fingerprint density at radius 3 is 2.55 bits per heavy atom. The van der Waals surface area contributed by atoms with Gasteiger partial charge in [-0.1, -0.05) is 6.92 Å². The quantitative estimate of drug-likeness (QED) is 0.377. The second-order valence-electron chi connectivity index (χ2n) is 2.91. The Morgan fingerprint density at radius 1 is 1.27 bits per heavy atom. The first-order valence-electron chi connectivity index (χ1n) is 3.74. The van der Waals surface area contributed by atoms with Gasteiger partial charge in [-0.25, -0.2) is 0 Å². The summed E-state index contributed by atoms with van der Waals surface area (Å²) in [5.41, 5.74) is 0. The summed E-state index contributed by atoms with van der Waals surface area (Å²) in [5, 5.41) is 0. The molecule has 11 heavy (non-hydrogen) atoms.